The molecule has 1 saturated heterocycles. The highest BCUT2D eigenvalue weighted by Gasteiger charge is 2.23. The Balaban J connectivity index is 1.60. The maximum absolute atomic E-state index is 12.6. The fraction of sp³-hybridized carbons (Fsp3) is 0.389. The lowest BCUT2D eigenvalue weighted by Crippen LogP contribution is -2.48. The number of thiophene rings is 1. The van der Waals surface area contributed by atoms with Crippen LogP contribution in [0.15, 0.2) is 36.4 Å². The molecule has 0 spiro atoms. The van der Waals surface area contributed by atoms with E-state index in [1.807, 2.05) is 23.1 Å². The second kappa shape index (κ2) is 7.04. The lowest BCUT2D eigenvalue weighted by atomic mass is 10.2. The molecule has 3 rings (SSSR count). The Labute approximate surface area is 141 Å². The lowest BCUT2D eigenvalue weighted by Gasteiger charge is -2.36. The van der Waals surface area contributed by atoms with Gasteiger partial charge in [-0.25, -0.2) is 0 Å². The maximum atomic E-state index is 12.6. The van der Waals surface area contributed by atoms with E-state index in [2.05, 4.69) is 30.0 Å². The molecule has 1 aromatic carbocycles. The summed E-state index contributed by atoms with van der Waals surface area (Å²) in [5.74, 6) is 1.04. The number of benzene rings is 1. The van der Waals surface area contributed by atoms with Crippen molar-refractivity contribution in [1.82, 2.24) is 4.90 Å². The van der Waals surface area contributed by atoms with Gasteiger partial charge in [-0.3, -0.25) is 4.79 Å². The number of piperazine rings is 1. The molecule has 1 amide bonds. The molecule has 0 N–H and O–H groups in total. The first-order valence-corrected chi connectivity index (χ1v) is 8.80. The molecule has 2 heterocycles. The zero-order valence-corrected chi connectivity index (χ0v) is 14.4. The predicted molar refractivity (Wildman–Crippen MR) is 94.8 cm³/mol. The number of carbonyl (C=O) groups excluding carboxylic acids is 1. The summed E-state index contributed by atoms with van der Waals surface area (Å²) >= 11 is 1.62. The summed E-state index contributed by atoms with van der Waals surface area (Å²) in [5, 5.41) is 0. The normalized spacial score (nSPS) is 14.9. The van der Waals surface area contributed by atoms with Crippen molar-refractivity contribution in [2.24, 2.45) is 0 Å². The quantitative estimate of drug-likeness (QED) is 0.862. The third-order valence-electron chi connectivity index (χ3n) is 4.23. The molecule has 4 nitrogen and oxygen atoms in total. The highest BCUT2D eigenvalue weighted by atomic mass is 32.1. The van der Waals surface area contributed by atoms with Gasteiger partial charge in [0, 0.05) is 36.7 Å². The number of hydrogen-bond donors (Lipinski definition) is 0. The van der Waals surface area contributed by atoms with Gasteiger partial charge in [0.2, 0.25) is 0 Å². The van der Waals surface area contributed by atoms with Crippen LogP contribution in [0.4, 0.5) is 5.69 Å². The van der Waals surface area contributed by atoms with E-state index < -0.39 is 0 Å². The SMILES string of the molecule is CCc1ccc(C(=O)N2CCN(c3ccc(OC)cc3)CC2)s1. The van der Waals surface area contributed by atoms with Gasteiger partial charge in [0.25, 0.3) is 5.91 Å². The van der Waals surface area contributed by atoms with Crippen LogP contribution in [0.25, 0.3) is 0 Å². The van der Waals surface area contributed by atoms with Crippen LogP contribution in [0.3, 0.4) is 0 Å². The molecule has 122 valence electrons. The predicted octanol–water partition coefficient (Wildman–Crippen LogP) is 3.28. The van der Waals surface area contributed by atoms with Crippen molar-refractivity contribution < 1.29 is 9.53 Å². The minimum absolute atomic E-state index is 0.170. The van der Waals surface area contributed by atoms with Crippen molar-refractivity contribution in [3.05, 3.63) is 46.2 Å². The van der Waals surface area contributed by atoms with Crippen molar-refractivity contribution in [1.29, 1.82) is 0 Å². The summed E-state index contributed by atoms with van der Waals surface area (Å²) in [5.41, 5.74) is 1.18. The van der Waals surface area contributed by atoms with Crippen molar-refractivity contribution >= 4 is 22.9 Å². The molecule has 23 heavy (non-hydrogen) atoms. The molecule has 0 radical (unpaired) electrons. The second-order valence-electron chi connectivity index (χ2n) is 5.60. The topological polar surface area (TPSA) is 32.8 Å². The Morgan fingerprint density at radius 3 is 2.35 bits per heavy atom. The number of hydrogen-bond acceptors (Lipinski definition) is 4. The minimum atomic E-state index is 0.170. The van der Waals surface area contributed by atoms with Gasteiger partial charge in [0.05, 0.1) is 12.0 Å². The van der Waals surface area contributed by atoms with Crippen LogP contribution in [0.1, 0.15) is 21.5 Å². The summed E-state index contributed by atoms with van der Waals surface area (Å²) < 4.78 is 5.19. The van der Waals surface area contributed by atoms with Gasteiger partial charge in [-0.15, -0.1) is 11.3 Å². The van der Waals surface area contributed by atoms with Gasteiger partial charge in [0.15, 0.2) is 0 Å². The smallest absolute Gasteiger partial charge is 0.264 e. The number of rotatable bonds is 4. The molecule has 1 aliphatic rings. The highest BCUT2D eigenvalue weighted by molar-refractivity contribution is 7.14. The number of amides is 1. The number of ether oxygens (including phenoxy) is 1. The second-order valence-corrected chi connectivity index (χ2v) is 6.77. The summed E-state index contributed by atoms with van der Waals surface area (Å²) in [6.07, 6.45) is 0.989. The number of aryl methyl sites for hydroxylation is 1. The van der Waals surface area contributed by atoms with Crippen LogP contribution >= 0.6 is 11.3 Å². The highest BCUT2D eigenvalue weighted by Crippen LogP contribution is 2.23. The van der Waals surface area contributed by atoms with Crippen LogP contribution in [0.5, 0.6) is 5.75 Å². The molecule has 0 saturated carbocycles. The van der Waals surface area contributed by atoms with Crippen molar-refractivity contribution in [2.75, 3.05) is 38.2 Å². The van der Waals surface area contributed by atoms with E-state index in [9.17, 15) is 4.79 Å². The summed E-state index contributed by atoms with van der Waals surface area (Å²) in [6, 6.07) is 12.1. The van der Waals surface area contributed by atoms with Crippen LogP contribution in [0.2, 0.25) is 0 Å². The average molecular weight is 330 g/mol. The van der Waals surface area contributed by atoms with E-state index in [-0.39, 0.29) is 5.91 Å². The molecule has 0 bridgehead atoms. The van der Waals surface area contributed by atoms with Crippen LogP contribution in [-0.2, 0) is 6.42 Å². The third kappa shape index (κ3) is 3.50. The number of methoxy groups -OCH3 is 1. The Bertz CT molecular complexity index is 658. The van der Waals surface area contributed by atoms with Crippen LogP contribution < -0.4 is 9.64 Å². The zero-order chi connectivity index (χ0) is 16.2. The minimum Gasteiger partial charge on any atom is -0.497 e. The van der Waals surface area contributed by atoms with Gasteiger partial charge in [0.1, 0.15) is 5.75 Å². The molecule has 5 heteroatoms. The van der Waals surface area contributed by atoms with E-state index >= 15 is 0 Å². The Kier molecular flexibility index (Phi) is 4.86. The largest absolute Gasteiger partial charge is 0.497 e. The van der Waals surface area contributed by atoms with Gasteiger partial charge < -0.3 is 14.5 Å². The fourth-order valence-electron chi connectivity index (χ4n) is 2.80. The van der Waals surface area contributed by atoms with Gasteiger partial charge in [-0.1, -0.05) is 6.92 Å². The fourth-order valence-corrected chi connectivity index (χ4v) is 3.71. The Morgan fingerprint density at radius 2 is 1.78 bits per heavy atom. The molecule has 1 aromatic heterocycles. The van der Waals surface area contributed by atoms with Crippen LogP contribution in [0, 0.1) is 0 Å². The summed E-state index contributed by atoms with van der Waals surface area (Å²) in [7, 11) is 1.67. The lowest BCUT2D eigenvalue weighted by molar-refractivity contribution is 0.0751. The number of nitrogens with zero attached hydrogens (tertiary/aromatic N) is 2. The maximum Gasteiger partial charge on any atom is 0.264 e. The number of anilines is 1. The number of carbonyl (C=O) groups is 1. The molecule has 0 aliphatic carbocycles. The van der Waals surface area contributed by atoms with Crippen molar-refractivity contribution in [2.45, 2.75) is 13.3 Å². The molecule has 0 atom stereocenters. The van der Waals surface area contributed by atoms with E-state index in [1.54, 1.807) is 18.4 Å². The molecular weight excluding hydrogens is 308 g/mol. The molecule has 1 fully saturated rings. The van der Waals surface area contributed by atoms with E-state index in [1.165, 1.54) is 10.6 Å². The van der Waals surface area contributed by atoms with E-state index in [0.717, 1.165) is 43.2 Å². The van der Waals surface area contributed by atoms with E-state index in [4.69, 9.17) is 4.74 Å². The van der Waals surface area contributed by atoms with Crippen LogP contribution in [-0.4, -0.2) is 44.1 Å². The average Bonchev–Trinajstić information content (AvgIpc) is 3.10. The van der Waals surface area contributed by atoms with E-state index in [0.29, 0.717) is 0 Å². The first kappa shape index (κ1) is 15.9. The monoisotopic (exact) mass is 330 g/mol. The van der Waals surface area contributed by atoms with Gasteiger partial charge in [-0.05, 0) is 42.8 Å². The Morgan fingerprint density at radius 1 is 1.09 bits per heavy atom. The van der Waals surface area contributed by atoms with Crippen molar-refractivity contribution in [3.8, 4) is 5.75 Å². The first-order valence-electron chi connectivity index (χ1n) is 7.98. The molecule has 1 aliphatic heterocycles. The third-order valence-corrected chi connectivity index (χ3v) is 5.44. The van der Waals surface area contributed by atoms with Crippen molar-refractivity contribution in [3.63, 3.8) is 0 Å². The summed E-state index contributed by atoms with van der Waals surface area (Å²) in [6.45, 7) is 5.39. The van der Waals surface area contributed by atoms with Gasteiger partial charge in [-0.2, -0.15) is 0 Å². The van der Waals surface area contributed by atoms with Gasteiger partial charge >= 0.3 is 0 Å². The molecular formula is C18H22N2O2S. The summed E-state index contributed by atoms with van der Waals surface area (Å²) in [4.78, 5) is 19.0. The molecule has 2 aromatic rings. The zero-order valence-electron chi connectivity index (χ0n) is 13.6. The first-order chi connectivity index (χ1) is 11.2. The molecule has 0 unspecified atom stereocenters. The standard InChI is InChI=1S/C18H22N2O2S/c1-3-16-8-9-17(23-16)18(21)20-12-10-19(11-13-20)14-4-6-15(22-2)7-5-14/h4-9H,3,10-13H2,1-2H3. The Hall–Kier alpha value is -2.01.